The van der Waals surface area contributed by atoms with Gasteiger partial charge in [0.25, 0.3) is 0 Å². The topological polar surface area (TPSA) is 12.9 Å². The van der Waals surface area contributed by atoms with Crippen molar-refractivity contribution in [1.29, 1.82) is 0 Å². The zero-order valence-corrected chi connectivity index (χ0v) is 8.11. The smallest absolute Gasteiger partial charge is 0.258 e. The zero-order valence-electron chi connectivity index (χ0n) is 8.11. The molecule has 5 heteroatoms. The Morgan fingerprint density at radius 2 is 1.71 bits per heavy atom. The van der Waals surface area contributed by atoms with E-state index in [1.807, 2.05) is 13.8 Å². The monoisotopic (exact) mass is 209 g/mol. The van der Waals surface area contributed by atoms with Gasteiger partial charge >= 0.3 is 6.18 Å². The summed E-state index contributed by atoms with van der Waals surface area (Å²) in [6.07, 6.45) is -3.77. The van der Waals surface area contributed by atoms with Crippen LogP contribution in [0, 0.1) is 12.7 Å². The van der Waals surface area contributed by atoms with Crippen LogP contribution < -0.4 is 0 Å². The summed E-state index contributed by atoms with van der Waals surface area (Å²) in [5, 5.41) is 0. The van der Waals surface area contributed by atoms with Crippen molar-refractivity contribution < 1.29 is 17.6 Å². The molecule has 0 N–H and O–H groups in total. The molecule has 1 aromatic rings. The van der Waals surface area contributed by atoms with Crippen molar-refractivity contribution in [2.45, 2.75) is 26.9 Å². The minimum absolute atomic E-state index is 0.219. The Hall–Kier alpha value is -1.13. The highest BCUT2D eigenvalue weighted by Crippen LogP contribution is 2.30. The number of hydrogen-bond acceptors (Lipinski definition) is 1. The van der Waals surface area contributed by atoms with Crippen LogP contribution in [0.5, 0.6) is 0 Å². The molecule has 14 heavy (non-hydrogen) atoms. The van der Waals surface area contributed by atoms with Crippen LogP contribution in [-0.2, 0) is 6.18 Å². The fraction of sp³-hybridized carbons (Fsp3) is 0.444. The number of alkyl halides is 3. The quantitative estimate of drug-likeness (QED) is 0.595. The van der Waals surface area contributed by atoms with Crippen LogP contribution in [0.4, 0.5) is 17.6 Å². The highest BCUT2D eigenvalue weighted by atomic mass is 19.4. The molecule has 1 rings (SSSR count). The van der Waals surface area contributed by atoms with Gasteiger partial charge in [0.05, 0.1) is 11.8 Å². The van der Waals surface area contributed by atoms with Gasteiger partial charge < -0.3 is 0 Å². The molecule has 0 aliphatic carbocycles. The Balaban J connectivity index is 0.000000791. The van der Waals surface area contributed by atoms with E-state index in [0.717, 1.165) is 6.20 Å². The second-order valence-electron chi connectivity index (χ2n) is 2.28. The van der Waals surface area contributed by atoms with Crippen LogP contribution in [0.3, 0.4) is 0 Å². The molecule has 0 aliphatic rings. The first kappa shape index (κ1) is 12.9. The Kier molecular flexibility index (Phi) is 4.53. The fourth-order valence-electron chi connectivity index (χ4n) is 0.795. The molecule has 0 aliphatic heterocycles. The molecule has 0 saturated heterocycles. The van der Waals surface area contributed by atoms with E-state index in [9.17, 15) is 17.6 Å². The van der Waals surface area contributed by atoms with Gasteiger partial charge in [0.2, 0.25) is 0 Å². The number of hydrogen-bond donors (Lipinski definition) is 0. The van der Waals surface area contributed by atoms with Crippen molar-refractivity contribution in [2.24, 2.45) is 0 Å². The summed E-state index contributed by atoms with van der Waals surface area (Å²) in [5.41, 5.74) is -1.24. The third kappa shape index (κ3) is 3.32. The average molecular weight is 209 g/mol. The van der Waals surface area contributed by atoms with Gasteiger partial charge in [-0.25, -0.2) is 4.39 Å². The lowest BCUT2D eigenvalue weighted by molar-refractivity contribution is -0.138. The summed E-state index contributed by atoms with van der Waals surface area (Å²) in [6, 6.07) is 0.433. The maximum atomic E-state index is 12.3. The van der Waals surface area contributed by atoms with Gasteiger partial charge in [0, 0.05) is 5.69 Å². The maximum Gasteiger partial charge on any atom is 0.418 e. The van der Waals surface area contributed by atoms with Gasteiger partial charge in [0.1, 0.15) is 5.82 Å². The van der Waals surface area contributed by atoms with Crippen molar-refractivity contribution >= 4 is 0 Å². The van der Waals surface area contributed by atoms with Crippen LogP contribution in [0.25, 0.3) is 0 Å². The highest BCUT2D eigenvalue weighted by molar-refractivity contribution is 5.22. The van der Waals surface area contributed by atoms with Gasteiger partial charge in [-0.3, -0.25) is 4.98 Å². The minimum Gasteiger partial charge on any atom is -0.258 e. The lowest BCUT2D eigenvalue weighted by Gasteiger charge is -2.08. The number of nitrogens with zero attached hydrogens (tertiary/aromatic N) is 1. The van der Waals surface area contributed by atoms with Gasteiger partial charge in [0.15, 0.2) is 0 Å². The van der Waals surface area contributed by atoms with E-state index in [4.69, 9.17) is 0 Å². The molecule has 0 spiro atoms. The molecule has 0 radical (unpaired) electrons. The molecule has 0 unspecified atom stereocenters. The normalized spacial score (nSPS) is 10.5. The SMILES string of the molecule is CC.Cc1ncc(F)cc1C(F)(F)F. The van der Waals surface area contributed by atoms with Crippen LogP contribution in [0.15, 0.2) is 12.3 Å². The van der Waals surface area contributed by atoms with Crippen molar-refractivity contribution in [3.05, 3.63) is 29.3 Å². The molecule has 1 nitrogen and oxygen atoms in total. The number of aryl methyl sites for hydroxylation is 1. The average Bonchev–Trinajstić information content (AvgIpc) is 2.11. The van der Waals surface area contributed by atoms with Gasteiger partial charge in [-0.1, -0.05) is 13.8 Å². The summed E-state index contributed by atoms with van der Waals surface area (Å²) in [4.78, 5) is 3.25. The van der Waals surface area contributed by atoms with Crippen LogP contribution in [0.1, 0.15) is 25.1 Å². The first-order valence-corrected chi connectivity index (χ1v) is 4.10. The summed E-state index contributed by atoms with van der Waals surface area (Å²) in [6.45, 7) is 5.18. The summed E-state index contributed by atoms with van der Waals surface area (Å²) in [5.74, 6) is -0.979. The maximum absolute atomic E-state index is 12.3. The molecule has 0 amide bonds. The van der Waals surface area contributed by atoms with Crippen molar-refractivity contribution in [1.82, 2.24) is 4.98 Å². The Morgan fingerprint density at radius 3 is 2.07 bits per heavy atom. The summed E-state index contributed by atoms with van der Waals surface area (Å²) >= 11 is 0. The van der Waals surface area contributed by atoms with Crippen molar-refractivity contribution in [3.63, 3.8) is 0 Å². The summed E-state index contributed by atoms with van der Waals surface area (Å²) in [7, 11) is 0. The standard InChI is InChI=1S/C7H5F4N.C2H6/c1-4-6(7(9,10)11)2-5(8)3-12-4;1-2/h2-3H,1H3;1-2H3. The predicted octanol–water partition coefficient (Wildman–Crippen LogP) is 3.57. The number of aromatic nitrogens is 1. The van der Waals surface area contributed by atoms with E-state index >= 15 is 0 Å². The van der Waals surface area contributed by atoms with E-state index in [-0.39, 0.29) is 5.69 Å². The van der Waals surface area contributed by atoms with Gasteiger partial charge in [-0.05, 0) is 13.0 Å². The van der Waals surface area contributed by atoms with Crippen molar-refractivity contribution in [2.75, 3.05) is 0 Å². The lowest BCUT2D eigenvalue weighted by atomic mass is 10.2. The second kappa shape index (κ2) is 4.93. The molecular formula is C9H11F4N. The molecule has 80 valence electrons. The number of halogens is 4. The van der Waals surface area contributed by atoms with E-state index in [2.05, 4.69) is 4.98 Å². The minimum atomic E-state index is -4.53. The molecule has 1 heterocycles. The number of rotatable bonds is 0. The van der Waals surface area contributed by atoms with Gasteiger partial charge in [-0.2, -0.15) is 13.2 Å². The summed E-state index contributed by atoms with van der Waals surface area (Å²) < 4.78 is 48.4. The first-order chi connectivity index (χ1) is 6.41. The molecular weight excluding hydrogens is 198 g/mol. The third-order valence-electron chi connectivity index (χ3n) is 1.36. The van der Waals surface area contributed by atoms with Crippen molar-refractivity contribution in [3.8, 4) is 0 Å². The molecule has 0 atom stereocenters. The van der Waals surface area contributed by atoms with Crippen LogP contribution in [0.2, 0.25) is 0 Å². The van der Waals surface area contributed by atoms with E-state index in [1.165, 1.54) is 6.92 Å². The third-order valence-corrected chi connectivity index (χ3v) is 1.36. The Labute approximate surface area is 79.8 Å². The Morgan fingerprint density at radius 1 is 1.21 bits per heavy atom. The predicted molar refractivity (Wildman–Crippen MR) is 45.3 cm³/mol. The first-order valence-electron chi connectivity index (χ1n) is 4.10. The highest BCUT2D eigenvalue weighted by Gasteiger charge is 2.33. The molecule has 0 fully saturated rings. The van der Waals surface area contributed by atoms with Gasteiger partial charge in [-0.15, -0.1) is 0 Å². The molecule has 1 aromatic heterocycles. The lowest BCUT2D eigenvalue weighted by Crippen LogP contribution is -2.09. The molecule has 0 aromatic carbocycles. The van der Waals surface area contributed by atoms with E-state index in [0.29, 0.717) is 6.07 Å². The number of pyridine rings is 1. The fourth-order valence-corrected chi connectivity index (χ4v) is 0.795. The van der Waals surface area contributed by atoms with Crippen LogP contribution >= 0.6 is 0 Å². The zero-order chi connectivity index (χ0) is 11.4. The molecule has 0 saturated carbocycles. The molecule has 0 bridgehead atoms. The van der Waals surface area contributed by atoms with E-state index < -0.39 is 17.6 Å². The Bertz CT molecular complexity index is 293. The van der Waals surface area contributed by atoms with Crippen LogP contribution in [-0.4, -0.2) is 4.98 Å². The second-order valence-corrected chi connectivity index (χ2v) is 2.28. The largest absolute Gasteiger partial charge is 0.418 e. The van der Waals surface area contributed by atoms with E-state index in [1.54, 1.807) is 0 Å².